The lowest BCUT2D eigenvalue weighted by molar-refractivity contribution is -0.119. The third-order valence-electron chi connectivity index (χ3n) is 4.62. The highest BCUT2D eigenvalue weighted by Gasteiger charge is 2.27. The largest absolute Gasteiger partial charge is 0.271 e. The van der Waals surface area contributed by atoms with Crippen LogP contribution in [-0.2, 0) is 14.8 Å². The lowest BCUT2D eigenvalue weighted by Crippen LogP contribution is -2.39. The number of amides is 1. The van der Waals surface area contributed by atoms with E-state index in [0.29, 0.717) is 11.4 Å². The van der Waals surface area contributed by atoms with Gasteiger partial charge >= 0.3 is 0 Å². The summed E-state index contributed by atoms with van der Waals surface area (Å²) >= 11 is 1.51. The number of carbonyl (C=O) groups is 1. The van der Waals surface area contributed by atoms with E-state index in [-0.39, 0.29) is 11.4 Å². The number of sulfonamides is 1. The van der Waals surface area contributed by atoms with Crippen LogP contribution in [0.25, 0.3) is 0 Å². The lowest BCUT2D eigenvalue weighted by atomic mass is 10.1. The molecule has 0 bridgehead atoms. The molecule has 1 heterocycles. The van der Waals surface area contributed by atoms with Crippen LogP contribution in [0.1, 0.15) is 28.5 Å². The molecule has 0 saturated carbocycles. The second-order valence-electron chi connectivity index (χ2n) is 7.38. The Kier molecular flexibility index (Phi) is 6.92. The van der Waals surface area contributed by atoms with Gasteiger partial charge in [-0.1, -0.05) is 29.8 Å². The van der Waals surface area contributed by atoms with Crippen LogP contribution < -0.4 is 9.73 Å². The third-order valence-corrected chi connectivity index (χ3v) is 7.38. The van der Waals surface area contributed by atoms with Gasteiger partial charge in [0.1, 0.15) is 6.54 Å². The van der Waals surface area contributed by atoms with Crippen molar-refractivity contribution in [3.8, 4) is 0 Å². The van der Waals surface area contributed by atoms with E-state index in [2.05, 4.69) is 10.5 Å². The van der Waals surface area contributed by atoms with Crippen molar-refractivity contribution in [3.05, 3.63) is 81.5 Å². The summed E-state index contributed by atoms with van der Waals surface area (Å²) in [6.45, 7) is 7.07. The summed E-state index contributed by atoms with van der Waals surface area (Å²) in [6, 6.07) is 15.8. The fourth-order valence-electron chi connectivity index (χ4n) is 3.10. The highest BCUT2D eigenvalue weighted by molar-refractivity contribution is 7.92. The van der Waals surface area contributed by atoms with Gasteiger partial charge in [-0.05, 0) is 74.5 Å². The molecule has 3 rings (SSSR count). The molecule has 1 N–H and O–H groups in total. The maximum Gasteiger partial charge on any atom is 0.264 e. The van der Waals surface area contributed by atoms with Crippen molar-refractivity contribution in [2.45, 2.75) is 32.6 Å². The minimum Gasteiger partial charge on any atom is -0.271 e. The van der Waals surface area contributed by atoms with E-state index >= 15 is 0 Å². The predicted octanol–water partition coefficient (Wildman–Crippen LogP) is 4.41. The molecule has 1 amide bonds. The highest BCUT2D eigenvalue weighted by Crippen LogP contribution is 2.26. The molecule has 0 saturated heterocycles. The monoisotopic (exact) mass is 455 g/mol. The number of carbonyl (C=O) groups excluding carboxylic acids is 1. The van der Waals surface area contributed by atoms with Gasteiger partial charge in [0.15, 0.2) is 0 Å². The Hall–Kier alpha value is -2.97. The maximum atomic E-state index is 13.4. The van der Waals surface area contributed by atoms with Crippen molar-refractivity contribution in [2.75, 3.05) is 10.8 Å². The van der Waals surface area contributed by atoms with Crippen LogP contribution in [0, 0.1) is 20.8 Å². The summed E-state index contributed by atoms with van der Waals surface area (Å²) in [6.07, 6.45) is 0. The number of rotatable bonds is 7. The number of benzene rings is 2. The number of hydrogen-bond acceptors (Lipinski definition) is 5. The number of nitrogens with zero attached hydrogens (tertiary/aromatic N) is 2. The number of aryl methyl sites for hydroxylation is 3. The van der Waals surface area contributed by atoms with Crippen LogP contribution in [-0.4, -0.2) is 26.6 Å². The fraction of sp³-hybridized carbons (Fsp3) is 0.217. The first-order chi connectivity index (χ1) is 14.7. The minimum absolute atomic E-state index is 0.128. The molecule has 8 heteroatoms. The molecule has 0 aliphatic heterocycles. The second-order valence-corrected chi connectivity index (χ2v) is 10.2. The Bertz CT molecular complexity index is 1180. The molecule has 31 heavy (non-hydrogen) atoms. The quantitative estimate of drug-likeness (QED) is 0.423. The number of thiophene rings is 1. The van der Waals surface area contributed by atoms with Gasteiger partial charge in [0, 0.05) is 4.88 Å². The summed E-state index contributed by atoms with van der Waals surface area (Å²) in [4.78, 5) is 13.7. The normalized spacial score (nSPS) is 11.9. The van der Waals surface area contributed by atoms with Gasteiger partial charge in [-0.25, -0.2) is 13.8 Å². The third kappa shape index (κ3) is 5.59. The Labute approximate surface area is 187 Å². The van der Waals surface area contributed by atoms with Crippen LogP contribution in [0.5, 0.6) is 0 Å². The average Bonchev–Trinajstić information content (AvgIpc) is 3.24. The first-order valence-corrected chi connectivity index (χ1v) is 12.0. The van der Waals surface area contributed by atoms with Crippen LogP contribution in [0.15, 0.2) is 70.0 Å². The van der Waals surface area contributed by atoms with Gasteiger partial charge in [-0.2, -0.15) is 5.10 Å². The van der Waals surface area contributed by atoms with Gasteiger partial charge in [0.2, 0.25) is 0 Å². The molecule has 3 aromatic rings. The van der Waals surface area contributed by atoms with E-state index in [0.717, 1.165) is 25.9 Å². The van der Waals surface area contributed by atoms with E-state index < -0.39 is 15.9 Å². The molecule has 0 aliphatic carbocycles. The number of nitrogens with one attached hydrogen (secondary N) is 1. The molecular weight excluding hydrogens is 430 g/mol. The zero-order valence-electron chi connectivity index (χ0n) is 17.9. The van der Waals surface area contributed by atoms with Crippen molar-refractivity contribution >= 4 is 38.7 Å². The van der Waals surface area contributed by atoms with E-state index in [9.17, 15) is 13.2 Å². The van der Waals surface area contributed by atoms with E-state index in [1.807, 2.05) is 44.4 Å². The summed E-state index contributed by atoms with van der Waals surface area (Å²) in [5, 5.41) is 6.04. The van der Waals surface area contributed by atoms with Crippen molar-refractivity contribution in [3.63, 3.8) is 0 Å². The van der Waals surface area contributed by atoms with Crippen molar-refractivity contribution in [1.29, 1.82) is 0 Å². The molecule has 0 fully saturated rings. The minimum atomic E-state index is -3.96. The van der Waals surface area contributed by atoms with Crippen LogP contribution in [0.4, 0.5) is 5.69 Å². The first kappa shape index (κ1) is 22.7. The summed E-state index contributed by atoms with van der Waals surface area (Å²) < 4.78 is 28.0. The van der Waals surface area contributed by atoms with Gasteiger partial charge in [0.05, 0.1) is 16.3 Å². The van der Waals surface area contributed by atoms with Gasteiger partial charge in [-0.3, -0.25) is 9.10 Å². The average molecular weight is 456 g/mol. The topological polar surface area (TPSA) is 78.8 Å². The molecule has 0 radical (unpaired) electrons. The molecule has 0 atom stereocenters. The van der Waals surface area contributed by atoms with Crippen molar-refractivity contribution < 1.29 is 13.2 Å². The standard InChI is InChI=1S/C23H25N3O3S2/c1-16-7-9-21(10-8-16)31(28,29)26(20-13-17(2)12-18(3)14-20)15-23(27)25-24-19(4)22-6-5-11-30-22/h5-14H,15H2,1-4H3,(H,25,27)/b24-19-. The van der Waals surface area contributed by atoms with Gasteiger partial charge in [-0.15, -0.1) is 11.3 Å². The van der Waals surface area contributed by atoms with E-state index in [1.54, 1.807) is 43.3 Å². The smallest absolute Gasteiger partial charge is 0.264 e. The fourth-order valence-corrected chi connectivity index (χ4v) is 5.18. The highest BCUT2D eigenvalue weighted by atomic mass is 32.2. The van der Waals surface area contributed by atoms with Crippen molar-refractivity contribution in [2.24, 2.45) is 5.10 Å². The number of hydrogen-bond donors (Lipinski definition) is 1. The molecule has 6 nitrogen and oxygen atoms in total. The number of hydrazone groups is 1. The zero-order valence-corrected chi connectivity index (χ0v) is 19.5. The molecule has 0 aliphatic rings. The number of anilines is 1. The molecule has 1 aromatic heterocycles. The molecule has 2 aromatic carbocycles. The molecule has 162 valence electrons. The summed E-state index contributed by atoms with van der Waals surface area (Å²) in [5.74, 6) is -0.522. The maximum absolute atomic E-state index is 13.4. The Balaban J connectivity index is 1.93. The Morgan fingerprint density at radius 2 is 1.65 bits per heavy atom. The molecule has 0 unspecified atom stereocenters. The SMILES string of the molecule is C/C(=N/NC(=O)CN(c1cc(C)cc(C)c1)S(=O)(=O)c1ccc(C)cc1)c1cccs1. The van der Waals surface area contributed by atoms with Crippen LogP contribution in [0.2, 0.25) is 0 Å². The predicted molar refractivity (Wildman–Crippen MR) is 126 cm³/mol. The first-order valence-electron chi connectivity index (χ1n) is 9.71. The summed E-state index contributed by atoms with van der Waals surface area (Å²) in [5.41, 5.74) is 6.34. The molecule has 0 spiro atoms. The van der Waals surface area contributed by atoms with E-state index in [4.69, 9.17) is 0 Å². The molecular formula is C23H25N3O3S2. The van der Waals surface area contributed by atoms with Crippen LogP contribution in [0.3, 0.4) is 0 Å². The second kappa shape index (κ2) is 9.45. The lowest BCUT2D eigenvalue weighted by Gasteiger charge is -2.24. The van der Waals surface area contributed by atoms with Crippen molar-refractivity contribution in [1.82, 2.24) is 5.43 Å². The van der Waals surface area contributed by atoms with E-state index in [1.165, 1.54) is 11.3 Å². The summed E-state index contributed by atoms with van der Waals surface area (Å²) in [7, 11) is -3.96. The van der Waals surface area contributed by atoms with Gasteiger partial charge < -0.3 is 0 Å². The van der Waals surface area contributed by atoms with Crippen LogP contribution >= 0.6 is 11.3 Å². The Morgan fingerprint density at radius 1 is 1.00 bits per heavy atom. The zero-order chi connectivity index (χ0) is 22.6. The van der Waals surface area contributed by atoms with Gasteiger partial charge in [0.25, 0.3) is 15.9 Å². The Morgan fingerprint density at radius 3 is 2.23 bits per heavy atom.